The molecule has 0 aliphatic heterocycles. The molecule has 0 atom stereocenters. The predicted molar refractivity (Wildman–Crippen MR) is 53.3 cm³/mol. The number of hydrogen-bond donors (Lipinski definition) is 1. The third-order valence-electron chi connectivity index (χ3n) is 1.83. The standard InChI is InChI=1S/C9H11N5O/c1-7-2-4-10-9(13-7)11-5-3-8-12-6-15-14-8/h2,4,6H,3,5H2,1H3,(H,10,11,13). The Hall–Kier alpha value is -1.98. The lowest BCUT2D eigenvalue weighted by molar-refractivity contribution is 0.410. The maximum atomic E-state index is 4.62. The smallest absolute Gasteiger partial charge is 0.222 e. The SMILES string of the molecule is Cc1ccnc(NCCc2ncon2)n1. The lowest BCUT2D eigenvalue weighted by atomic mass is 10.4. The Morgan fingerprint density at radius 2 is 2.33 bits per heavy atom. The van der Waals surface area contributed by atoms with Crippen LogP contribution in [0.3, 0.4) is 0 Å². The number of aryl methyl sites for hydroxylation is 1. The highest BCUT2D eigenvalue weighted by Gasteiger charge is 1.99. The van der Waals surface area contributed by atoms with E-state index >= 15 is 0 Å². The number of anilines is 1. The fourth-order valence-corrected chi connectivity index (χ4v) is 1.12. The highest BCUT2D eigenvalue weighted by atomic mass is 16.5. The molecule has 0 saturated carbocycles. The van der Waals surface area contributed by atoms with Crippen molar-refractivity contribution in [3.8, 4) is 0 Å². The van der Waals surface area contributed by atoms with Gasteiger partial charge in [-0.25, -0.2) is 9.97 Å². The summed E-state index contributed by atoms with van der Waals surface area (Å²) in [6.07, 6.45) is 3.73. The van der Waals surface area contributed by atoms with Gasteiger partial charge in [-0.2, -0.15) is 4.98 Å². The maximum absolute atomic E-state index is 4.62. The van der Waals surface area contributed by atoms with Crippen molar-refractivity contribution in [2.75, 3.05) is 11.9 Å². The Kier molecular flexibility index (Phi) is 2.87. The maximum Gasteiger partial charge on any atom is 0.222 e. The van der Waals surface area contributed by atoms with Crippen LogP contribution in [0.25, 0.3) is 0 Å². The van der Waals surface area contributed by atoms with E-state index in [0.717, 1.165) is 5.69 Å². The van der Waals surface area contributed by atoms with E-state index in [1.165, 1.54) is 6.39 Å². The lowest BCUT2D eigenvalue weighted by Gasteiger charge is -2.02. The van der Waals surface area contributed by atoms with Crippen LogP contribution in [-0.2, 0) is 6.42 Å². The average Bonchev–Trinajstić information content (AvgIpc) is 2.71. The van der Waals surface area contributed by atoms with Gasteiger partial charge in [-0.15, -0.1) is 0 Å². The Bertz CT molecular complexity index is 414. The molecule has 0 aliphatic carbocycles. The van der Waals surface area contributed by atoms with Crippen molar-refractivity contribution in [3.05, 3.63) is 30.2 Å². The minimum absolute atomic E-state index is 0.624. The Balaban J connectivity index is 1.83. The molecule has 0 aliphatic rings. The van der Waals surface area contributed by atoms with Crippen molar-refractivity contribution in [2.24, 2.45) is 0 Å². The van der Waals surface area contributed by atoms with E-state index in [0.29, 0.717) is 24.7 Å². The zero-order valence-corrected chi connectivity index (χ0v) is 8.34. The Labute approximate surface area is 86.8 Å². The summed E-state index contributed by atoms with van der Waals surface area (Å²) in [4.78, 5) is 12.2. The third kappa shape index (κ3) is 2.73. The molecular weight excluding hydrogens is 194 g/mol. The van der Waals surface area contributed by atoms with Crippen molar-refractivity contribution in [3.63, 3.8) is 0 Å². The van der Waals surface area contributed by atoms with Gasteiger partial charge in [0.25, 0.3) is 0 Å². The average molecular weight is 205 g/mol. The molecule has 2 aromatic rings. The van der Waals surface area contributed by atoms with Crippen molar-refractivity contribution in [1.82, 2.24) is 20.1 Å². The second-order valence-electron chi connectivity index (χ2n) is 3.05. The molecule has 0 unspecified atom stereocenters. The van der Waals surface area contributed by atoms with E-state index in [4.69, 9.17) is 0 Å². The van der Waals surface area contributed by atoms with Crippen LogP contribution < -0.4 is 5.32 Å². The van der Waals surface area contributed by atoms with E-state index in [2.05, 4.69) is 29.9 Å². The predicted octanol–water partition coefficient (Wildman–Crippen LogP) is 0.823. The van der Waals surface area contributed by atoms with Crippen LogP contribution in [0.15, 0.2) is 23.2 Å². The minimum atomic E-state index is 0.624. The largest absolute Gasteiger partial charge is 0.354 e. The molecule has 0 fully saturated rings. The van der Waals surface area contributed by atoms with Gasteiger partial charge < -0.3 is 9.84 Å². The van der Waals surface area contributed by atoms with Gasteiger partial charge in [-0.05, 0) is 13.0 Å². The van der Waals surface area contributed by atoms with Gasteiger partial charge in [0.15, 0.2) is 5.82 Å². The first-order valence-corrected chi connectivity index (χ1v) is 4.63. The van der Waals surface area contributed by atoms with Crippen LogP contribution in [-0.4, -0.2) is 26.7 Å². The van der Waals surface area contributed by atoms with E-state index < -0.39 is 0 Å². The molecule has 0 aromatic carbocycles. The summed E-state index contributed by atoms with van der Waals surface area (Å²) in [5.41, 5.74) is 0.937. The fraction of sp³-hybridized carbons (Fsp3) is 0.333. The number of rotatable bonds is 4. The van der Waals surface area contributed by atoms with Crippen LogP contribution in [0.2, 0.25) is 0 Å². The van der Waals surface area contributed by atoms with Crippen LogP contribution in [0, 0.1) is 6.92 Å². The summed E-state index contributed by atoms with van der Waals surface area (Å²) < 4.78 is 4.62. The topological polar surface area (TPSA) is 76.7 Å². The molecule has 2 heterocycles. The minimum Gasteiger partial charge on any atom is -0.354 e. The van der Waals surface area contributed by atoms with Gasteiger partial charge in [0, 0.05) is 24.9 Å². The van der Waals surface area contributed by atoms with Crippen molar-refractivity contribution in [2.45, 2.75) is 13.3 Å². The molecule has 6 heteroatoms. The van der Waals surface area contributed by atoms with E-state index in [9.17, 15) is 0 Å². The number of hydrogen-bond acceptors (Lipinski definition) is 6. The van der Waals surface area contributed by atoms with Crippen molar-refractivity contribution < 1.29 is 4.52 Å². The van der Waals surface area contributed by atoms with E-state index in [1.807, 2.05) is 13.0 Å². The summed E-state index contributed by atoms with van der Waals surface area (Å²) in [5, 5.41) is 6.78. The molecule has 0 amide bonds. The second-order valence-corrected chi connectivity index (χ2v) is 3.05. The first kappa shape index (κ1) is 9.57. The molecule has 1 N–H and O–H groups in total. The Morgan fingerprint density at radius 3 is 3.07 bits per heavy atom. The van der Waals surface area contributed by atoms with Gasteiger partial charge in [-0.1, -0.05) is 5.16 Å². The molecule has 15 heavy (non-hydrogen) atoms. The molecule has 0 radical (unpaired) electrons. The van der Waals surface area contributed by atoms with E-state index in [-0.39, 0.29) is 0 Å². The van der Waals surface area contributed by atoms with Gasteiger partial charge in [0.2, 0.25) is 12.3 Å². The van der Waals surface area contributed by atoms with Gasteiger partial charge >= 0.3 is 0 Å². The number of nitrogens with one attached hydrogen (secondary N) is 1. The van der Waals surface area contributed by atoms with Crippen molar-refractivity contribution in [1.29, 1.82) is 0 Å². The quantitative estimate of drug-likeness (QED) is 0.796. The van der Waals surface area contributed by atoms with Crippen molar-refractivity contribution >= 4 is 5.95 Å². The molecule has 2 aromatic heterocycles. The molecule has 2 rings (SSSR count). The monoisotopic (exact) mass is 205 g/mol. The highest BCUT2D eigenvalue weighted by molar-refractivity contribution is 5.24. The molecule has 0 bridgehead atoms. The third-order valence-corrected chi connectivity index (χ3v) is 1.83. The molecule has 78 valence electrons. The summed E-state index contributed by atoms with van der Waals surface area (Å²) in [6.45, 7) is 2.61. The molecular formula is C9H11N5O. The van der Waals surface area contributed by atoms with Gasteiger partial charge in [-0.3, -0.25) is 0 Å². The Morgan fingerprint density at radius 1 is 1.40 bits per heavy atom. The van der Waals surface area contributed by atoms with Gasteiger partial charge in [0.1, 0.15) is 0 Å². The molecule has 0 saturated heterocycles. The zero-order chi connectivity index (χ0) is 10.5. The summed E-state index contributed by atoms with van der Waals surface area (Å²) in [7, 11) is 0. The lowest BCUT2D eigenvalue weighted by Crippen LogP contribution is -2.08. The fourth-order valence-electron chi connectivity index (χ4n) is 1.12. The highest BCUT2D eigenvalue weighted by Crippen LogP contribution is 1.99. The summed E-state index contributed by atoms with van der Waals surface area (Å²) >= 11 is 0. The molecule has 6 nitrogen and oxygen atoms in total. The van der Waals surface area contributed by atoms with Gasteiger partial charge in [0.05, 0.1) is 0 Å². The first-order valence-electron chi connectivity index (χ1n) is 4.63. The van der Waals surface area contributed by atoms with E-state index in [1.54, 1.807) is 6.20 Å². The number of aromatic nitrogens is 4. The normalized spacial score (nSPS) is 10.2. The number of nitrogens with zero attached hydrogens (tertiary/aromatic N) is 4. The van der Waals surface area contributed by atoms with Crippen LogP contribution in [0.4, 0.5) is 5.95 Å². The summed E-state index contributed by atoms with van der Waals surface area (Å²) in [6, 6.07) is 1.85. The first-order chi connectivity index (χ1) is 7.34. The second kappa shape index (κ2) is 4.50. The zero-order valence-electron chi connectivity index (χ0n) is 8.34. The summed E-state index contributed by atoms with van der Waals surface area (Å²) in [5.74, 6) is 1.30. The van der Waals surface area contributed by atoms with Crippen LogP contribution in [0.1, 0.15) is 11.5 Å². The molecule has 0 spiro atoms. The van der Waals surface area contributed by atoms with Crippen LogP contribution in [0.5, 0.6) is 0 Å². The van der Waals surface area contributed by atoms with Crippen LogP contribution >= 0.6 is 0 Å².